The third-order valence-electron chi connectivity index (χ3n) is 2.54. The summed E-state index contributed by atoms with van der Waals surface area (Å²) in [5.41, 5.74) is 0.115. The fraction of sp³-hybridized carbons (Fsp3) is 0.167. The largest absolute Gasteiger partial charge is 0.493 e. The highest BCUT2D eigenvalue weighted by Crippen LogP contribution is 2.34. The summed E-state index contributed by atoms with van der Waals surface area (Å²) in [4.78, 5) is 15.6. The molecule has 0 aromatic carbocycles. The Labute approximate surface area is 130 Å². The number of halogens is 3. The van der Waals surface area contributed by atoms with Gasteiger partial charge in [0.2, 0.25) is 5.88 Å². The maximum atomic E-state index is 12.6. The molecule has 0 atom stereocenters. The number of hydrogen-bond acceptors (Lipinski definition) is 7. The number of nitrogens with zero attached hydrogens (tertiary/aromatic N) is 4. The highest BCUT2D eigenvalue weighted by atomic mass is 32.1. The van der Waals surface area contributed by atoms with Crippen molar-refractivity contribution >= 4 is 22.7 Å². The normalized spacial score (nSPS) is 11.8. The van der Waals surface area contributed by atoms with E-state index in [0.29, 0.717) is 10.7 Å². The summed E-state index contributed by atoms with van der Waals surface area (Å²) in [6, 6.07) is 1.31. The van der Waals surface area contributed by atoms with Gasteiger partial charge in [-0.15, -0.1) is 22.7 Å². The second-order valence-corrected chi connectivity index (χ2v) is 5.98. The van der Waals surface area contributed by atoms with Gasteiger partial charge in [-0.1, -0.05) is 0 Å². The predicted molar refractivity (Wildman–Crippen MR) is 75.7 cm³/mol. The highest BCUT2D eigenvalue weighted by Gasteiger charge is 2.34. The summed E-state index contributed by atoms with van der Waals surface area (Å²) in [7, 11) is 0. The van der Waals surface area contributed by atoms with Crippen LogP contribution in [0.4, 0.5) is 13.2 Å². The van der Waals surface area contributed by atoms with Crippen LogP contribution in [0.25, 0.3) is 21.5 Å². The van der Waals surface area contributed by atoms with Gasteiger partial charge < -0.3 is 5.11 Å². The molecule has 0 bridgehead atoms. The van der Waals surface area contributed by atoms with Crippen LogP contribution in [0.5, 0.6) is 5.88 Å². The van der Waals surface area contributed by atoms with Crippen molar-refractivity contribution in [3.05, 3.63) is 28.2 Å². The van der Waals surface area contributed by atoms with E-state index in [1.54, 1.807) is 12.3 Å². The maximum absolute atomic E-state index is 12.6. The molecule has 0 amide bonds. The maximum Gasteiger partial charge on any atom is 0.434 e. The number of aromatic hydroxyl groups is 1. The average molecular weight is 344 g/mol. The molecule has 3 aromatic heterocycles. The van der Waals surface area contributed by atoms with Gasteiger partial charge in [-0.25, -0.2) is 15.0 Å². The number of rotatable bonds is 2. The number of aromatic nitrogens is 4. The van der Waals surface area contributed by atoms with Crippen LogP contribution in [0, 0.1) is 6.92 Å². The van der Waals surface area contributed by atoms with Gasteiger partial charge in [0, 0.05) is 22.5 Å². The Morgan fingerprint density at radius 2 is 1.73 bits per heavy atom. The van der Waals surface area contributed by atoms with Gasteiger partial charge in [-0.2, -0.15) is 18.2 Å². The van der Waals surface area contributed by atoms with Gasteiger partial charge in [-0.3, -0.25) is 0 Å². The van der Waals surface area contributed by atoms with E-state index in [2.05, 4.69) is 19.9 Å². The first-order valence-electron chi connectivity index (χ1n) is 5.86. The van der Waals surface area contributed by atoms with Gasteiger partial charge in [0.1, 0.15) is 10.7 Å². The second-order valence-electron chi connectivity index (χ2n) is 4.26. The minimum atomic E-state index is -4.53. The van der Waals surface area contributed by atoms with Crippen LogP contribution >= 0.6 is 22.7 Å². The molecule has 0 aliphatic carbocycles. The molecular weight excluding hydrogens is 337 g/mol. The molecule has 0 aliphatic rings. The molecule has 22 heavy (non-hydrogen) atoms. The smallest absolute Gasteiger partial charge is 0.434 e. The SMILES string of the molecule is Cc1csc(-c2cc(O)nc(-c3nc(C(F)(F)F)cs3)n2)n1. The zero-order chi connectivity index (χ0) is 15.9. The van der Waals surface area contributed by atoms with Gasteiger partial charge in [0.25, 0.3) is 0 Å². The fourth-order valence-electron chi connectivity index (χ4n) is 1.62. The molecule has 114 valence electrons. The van der Waals surface area contributed by atoms with Crippen LogP contribution in [0.2, 0.25) is 0 Å². The van der Waals surface area contributed by atoms with E-state index in [-0.39, 0.29) is 16.7 Å². The summed E-state index contributed by atoms with van der Waals surface area (Å²) < 4.78 is 37.8. The Hall–Kier alpha value is -2.07. The van der Waals surface area contributed by atoms with Gasteiger partial charge in [0.05, 0.1) is 0 Å². The topological polar surface area (TPSA) is 71.8 Å². The van der Waals surface area contributed by atoms with Crippen LogP contribution in [0.1, 0.15) is 11.4 Å². The zero-order valence-electron chi connectivity index (χ0n) is 10.9. The molecule has 10 heteroatoms. The van der Waals surface area contributed by atoms with Crippen LogP contribution < -0.4 is 0 Å². The second kappa shape index (κ2) is 5.29. The van der Waals surface area contributed by atoms with Crippen molar-refractivity contribution in [3.63, 3.8) is 0 Å². The molecular formula is C12H7F3N4OS2. The first-order valence-corrected chi connectivity index (χ1v) is 7.62. The Kier molecular flexibility index (Phi) is 3.57. The van der Waals surface area contributed by atoms with E-state index in [0.717, 1.165) is 22.4 Å². The van der Waals surface area contributed by atoms with E-state index in [9.17, 15) is 18.3 Å². The Bertz CT molecular complexity index is 828. The Morgan fingerprint density at radius 1 is 1.00 bits per heavy atom. The molecule has 3 aromatic rings. The Morgan fingerprint density at radius 3 is 2.32 bits per heavy atom. The lowest BCUT2D eigenvalue weighted by Crippen LogP contribution is -2.05. The monoisotopic (exact) mass is 344 g/mol. The summed E-state index contributed by atoms with van der Waals surface area (Å²) in [5.74, 6) is -0.417. The molecule has 0 aliphatic heterocycles. The lowest BCUT2D eigenvalue weighted by molar-refractivity contribution is -0.140. The zero-order valence-corrected chi connectivity index (χ0v) is 12.6. The number of alkyl halides is 3. The van der Waals surface area contributed by atoms with Crippen molar-refractivity contribution in [2.45, 2.75) is 13.1 Å². The molecule has 0 radical (unpaired) electrons. The lowest BCUT2D eigenvalue weighted by atomic mass is 10.4. The molecule has 0 saturated heterocycles. The molecule has 0 spiro atoms. The summed E-state index contributed by atoms with van der Waals surface area (Å²) in [6.07, 6.45) is -4.53. The van der Waals surface area contributed by atoms with Gasteiger partial charge in [0.15, 0.2) is 16.5 Å². The van der Waals surface area contributed by atoms with Crippen molar-refractivity contribution in [1.82, 2.24) is 19.9 Å². The van der Waals surface area contributed by atoms with Crippen LogP contribution in [-0.2, 0) is 6.18 Å². The number of hydrogen-bond donors (Lipinski definition) is 1. The van der Waals surface area contributed by atoms with E-state index in [1.807, 2.05) is 0 Å². The molecule has 3 heterocycles. The van der Waals surface area contributed by atoms with E-state index < -0.39 is 11.9 Å². The van der Waals surface area contributed by atoms with Crippen molar-refractivity contribution in [1.29, 1.82) is 0 Å². The summed E-state index contributed by atoms with van der Waals surface area (Å²) in [5, 5.41) is 12.9. The molecule has 0 fully saturated rings. The number of thiazole rings is 2. The lowest BCUT2D eigenvalue weighted by Gasteiger charge is -2.02. The summed E-state index contributed by atoms with van der Waals surface area (Å²) >= 11 is 2.08. The molecule has 0 saturated carbocycles. The first-order chi connectivity index (χ1) is 10.3. The van der Waals surface area contributed by atoms with Crippen LogP contribution in [0.15, 0.2) is 16.8 Å². The minimum absolute atomic E-state index is 0.0160. The molecule has 0 unspecified atom stereocenters. The third-order valence-corrected chi connectivity index (χ3v) is 4.36. The molecule has 5 nitrogen and oxygen atoms in total. The van der Waals surface area contributed by atoms with Crippen molar-refractivity contribution in [3.8, 4) is 27.4 Å². The van der Waals surface area contributed by atoms with Gasteiger partial charge in [-0.05, 0) is 6.92 Å². The highest BCUT2D eigenvalue weighted by molar-refractivity contribution is 7.13. The van der Waals surface area contributed by atoms with E-state index in [1.165, 1.54) is 17.4 Å². The standard InChI is InChI=1S/C12H7F3N4OS2/c1-5-3-21-10(16-5)6-2-8(20)19-9(17-6)11-18-7(4-22-11)12(13,14)15/h2-4H,1H3,(H,17,19,20). The van der Waals surface area contributed by atoms with E-state index >= 15 is 0 Å². The van der Waals surface area contributed by atoms with Crippen molar-refractivity contribution in [2.24, 2.45) is 0 Å². The van der Waals surface area contributed by atoms with Crippen LogP contribution in [0.3, 0.4) is 0 Å². The minimum Gasteiger partial charge on any atom is -0.493 e. The first kappa shape index (κ1) is 14.9. The molecule has 3 rings (SSSR count). The predicted octanol–water partition coefficient (Wildman–Crippen LogP) is 3.76. The average Bonchev–Trinajstić information content (AvgIpc) is 3.05. The number of aryl methyl sites for hydroxylation is 1. The van der Waals surface area contributed by atoms with E-state index in [4.69, 9.17) is 0 Å². The molecule has 1 N–H and O–H groups in total. The van der Waals surface area contributed by atoms with Crippen LogP contribution in [-0.4, -0.2) is 25.0 Å². The third kappa shape index (κ3) is 2.92. The Balaban J connectivity index is 2.04. The van der Waals surface area contributed by atoms with Crippen molar-refractivity contribution < 1.29 is 18.3 Å². The quantitative estimate of drug-likeness (QED) is 0.766. The fourth-order valence-corrected chi connectivity index (χ4v) is 3.13. The van der Waals surface area contributed by atoms with Crippen molar-refractivity contribution in [2.75, 3.05) is 0 Å². The summed E-state index contributed by atoms with van der Waals surface area (Å²) in [6.45, 7) is 1.80. The van der Waals surface area contributed by atoms with Gasteiger partial charge >= 0.3 is 6.18 Å².